The van der Waals surface area contributed by atoms with Gasteiger partial charge in [0, 0.05) is 107 Å². The van der Waals surface area contributed by atoms with Gasteiger partial charge < -0.3 is 83.3 Å². The first-order valence-corrected chi connectivity index (χ1v) is 41.9. The van der Waals surface area contributed by atoms with E-state index in [1.54, 1.807) is 59.5 Å². The first-order valence-electron chi connectivity index (χ1n) is 41.5. The van der Waals surface area contributed by atoms with Crippen LogP contribution >= 0.6 is 12.2 Å². The number of ether oxygens (including phenoxy) is 10. The summed E-state index contributed by atoms with van der Waals surface area (Å²) in [6, 6.07) is 49.2. The highest BCUT2D eigenvalue weighted by Crippen LogP contribution is 2.32. The number of carboxylic acids is 4. The van der Waals surface area contributed by atoms with Crippen molar-refractivity contribution in [1.82, 2.24) is 50.2 Å². The molecule has 0 bridgehead atoms. The van der Waals surface area contributed by atoms with Crippen molar-refractivity contribution >= 4 is 64.5 Å². The molecule has 8 aromatic rings. The number of hydrogen-bond donors (Lipinski definition) is 6. The molecule has 11 rings (SSSR count). The van der Waals surface area contributed by atoms with Gasteiger partial charge in [-0.2, -0.15) is 0 Å². The number of aliphatic imine (C=N–C) groups is 1. The van der Waals surface area contributed by atoms with Crippen LogP contribution in [0, 0.1) is 11.8 Å². The van der Waals surface area contributed by atoms with E-state index in [0.29, 0.717) is 246 Å². The molecule has 4 aromatic heterocycles. The van der Waals surface area contributed by atoms with Crippen LogP contribution in [0.1, 0.15) is 127 Å². The maximum Gasteiger partial charge on any atom is 0.354 e. The maximum atomic E-state index is 13.8. The number of pyridine rings is 4. The zero-order valence-corrected chi connectivity index (χ0v) is 70.8. The van der Waals surface area contributed by atoms with Gasteiger partial charge in [0.2, 0.25) is 5.91 Å². The normalized spacial score (nSPS) is 16.3. The Labute approximate surface area is 732 Å². The van der Waals surface area contributed by atoms with Crippen molar-refractivity contribution < 1.29 is 96.6 Å². The zero-order chi connectivity index (χ0) is 88.0. The third-order valence-electron chi connectivity index (χ3n) is 20.1. The van der Waals surface area contributed by atoms with E-state index in [1.165, 1.54) is 24.3 Å². The van der Waals surface area contributed by atoms with Gasteiger partial charge in [-0.25, -0.2) is 44.1 Å². The summed E-state index contributed by atoms with van der Waals surface area (Å²) in [7, 11) is 0. The van der Waals surface area contributed by atoms with E-state index in [4.69, 9.17) is 47.4 Å². The highest BCUT2D eigenvalue weighted by atomic mass is 32.1. The number of para-hydroxylation sites is 1. The molecule has 32 nitrogen and oxygen atoms in total. The number of fused-ring (bicyclic) bond motifs is 2. The Balaban J connectivity index is 0.000000264. The first-order chi connectivity index (χ1) is 61.1. The molecule has 6 N–H and O–H groups in total. The fourth-order valence-corrected chi connectivity index (χ4v) is 13.8. The molecule has 2 atom stereocenters. The largest absolute Gasteiger partial charge is 0.477 e. The van der Waals surface area contributed by atoms with E-state index < -0.39 is 36.0 Å². The number of hydrogen-bond acceptors (Lipinski definition) is 27. The van der Waals surface area contributed by atoms with Crippen LogP contribution in [0.4, 0.5) is 5.69 Å². The molecule has 2 fully saturated rings. The van der Waals surface area contributed by atoms with E-state index in [9.17, 15) is 49.2 Å². The lowest BCUT2D eigenvalue weighted by molar-refractivity contribution is -0.118. The maximum absolute atomic E-state index is 13.8. The average molecular weight is 1730 g/mol. The van der Waals surface area contributed by atoms with Crippen LogP contribution in [0.15, 0.2) is 181 Å². The Kier molecular flexibility index (Phi) is 41.2. The lowest BCUT2D eigenvalue weighted by Gasteiger charge is -2.32. The number of thiocarbonyl (C=S) groups is 1. The number of nitrogens with zero attached hydrogens (tertiary/aromatic N) is 10. The van der Waals surface area contributed by atoms with E-state index in [2.05, 4.69) is 91.0 Å². The molecule has 3 aliphatic rings. The van der Waals surface area contributed by atoms with E-state index in [1.807, 2.05) is 91.0 Å². The minimum Gasteiger partial charge on any atom is -0.477 e. The molecule has 0 aliphatic carbocycles. The van der Waals surface area contributed by atoms with Gasteiger partial charge in [-0.1, -0.05) is 109 Å². The number of carboxylic acid groups (broad SMARTS) is 4. The molecule has 3 aliphatic heterocycles. The van der Waals surface area contributed by atoms with Gasteiger partial charge in [0.25, 0.3) is 5.91 Å². The number of benzene rings is 4. The van der Waals surface area contributed by atoms with Crippen LogP contribution in [-0.4, -0.2) is 305 Å². The zero-order valence-electron chi connectivity index (χ0n) is 70.0. The highest BCUT2D eigenvalue weighted by molar-refractivity contribution is 7.78. The molecular weight excluding hydrogens is 1630 g/mol. The number of anilines is 1. The van der Waals surface area contributed by atoms with Crippen molar-refractivity contribution in [2.45, 2.75) is 38.1 Å². The summed E-state index contributed by atoms with van der Waals surface area (Å²) in [6.45, 7) is 18.7. The lowest BCUT2D eigenvalue weighted by atomic mass is 9.98. The van der Waals surface area contributed by atoms with E-state index >= 15 is 0 Å². The molecule has 4 aromatic carbocycles. The number of rotatable bonds is 29. The third kappa shape index (κ3) is 32.6. The molecule has 0 spiro atoms. The van der Waals surface area contributed by atoms with Crippen molar-refractivity contribution in [3.05, 3.63) is 261 Å². The molecule has 2 amide bonds. The van der Waals surface area contributed by atoms with Gasteiger partial charge in [-0.3, -0.25) is 29.2 Å². The second-order valence-electron chi connectivity index (χ2n) is 28.7. The van der Waals surface area contributed by atoms with Gasteiger partial charge in [0.1, 0.15) is 22.8 Å². The minimum atomic E-state index is -1.15. The number of isothiocyanates is 1. The Morgan fingerprint density at radius 3 is 1.30 bits per heavy atom. The second-order valence-corrected chi connectivity index (χ2v) is 28.9. The third-order valence-corrected chi connectivity index (χ3v) is 20.2. The van der Waals surface area contributed by atoms with Gasteiger partial charge >= 0.3 is 23.9 Å². The Hall–Kier alpha value is -11.4. The molecule has 33 heteroatoms. The van der Waals surface area contributed by atoms with Crippen molar-refractivity contribution in [3.8, 4) is 11.8 Å². The fraction of sp³-hybridized carbons (Fsp3) is 0.402. The Bertz CT molecular complexity index is 4840. The summed E-state index contributed by atoms with van der Waals surface area (Å²) in [5, 5.41) is 46.9. The predicted molar refractivity (Wildman–Crippen MR) is 467 cm³/mol. The van der Waals surface area contributed by atoms with E-state index in [0.717, 1.165) is 44.8 Å². The molecular formula is C92H108N12O20S. The summed E-state index contributed by atoms with van der Waals surface area (Å²) in [6.07, 6.45) is 0.0717. The molecule has 2 unspecified atom stereocenters. The van der Waals surface area contributed by atoms with Crippen LogP contribution in [0.25, 0.3) is 5.70 Å². The van der Waals surface area contributed by atoms with Gasteiger partial charge in [-0.05, 0) is 113 Å². The highest BCUT2D eigenvalue weighted by Gasteiger charge is 2.29. The Morgan fingerprint density at radius 2 is 0.840 bits per heavy atom. The van der Waals surface area contributed by atoms with Crippen LogP contribution < -0.4 is 15.5 Å². The molecule has 0 saturated carbocycles. The lowest BCUT2D eigenvalue weighted by Crippen LogP contribution is -2.37. The van der Waals surface area contributed by atoms with Crippen LogP contribution in [-0.2, 0) is 71.8 Å². The predicted octanol–water partition coefficient (Wildman–Crippen LogP) is 8.46. The van der Waals surface area contributed by atoms with Crippen LogP contribution in [0.3, 0.4) is 0 Å². The van der Waals surface area contributed by atoms with Gasteiger partial charge in [0.15, 0.2) is 0 Å². The standard InChI is InChI=1S/C51H54N6O10.C41H54N6O10S/c58-47(57-35-41-9-2-1-7-37(41)15-16-38-8-3-4-14-46(38)57)21-22-52-49(59)40-19-17-39(18-20-40)48(43-11-6-13-45(54-43)51(62)63)56-25-29-66-33-31-64-27-23-55(24-28-65-32-34-67-30-26-56)36-42-10-5-12-44(53-42)50(60)61;1-32(43-13-19-53-25-24-52-18-12-42-31-58)33-8-10-34(11-9-33)39(36-5-3-7-38(45-36)41(50)51)47-16-22-56-28-26-54-20-14-46(15-21-55-27-29-57-23-17-47)30-35-4-2-6-37(44-35)40(48)49/h1-14,17-20,48H,21-36H2,(H,52,59)(H,60,61)(H,62,63);2-11,39,43H,1,12-30H2,(H,48,49)(H,50,51). The first kappa shape index (κ1) is 95.9. The van der Waals surface area contributed by atoms with Crippen molar-refractivity contribution in [2.24, 2.45) is 4.99 Å². The van der Waals surface area contributed by atoms with Gasteiger partial charge in [0.05, 0.1) is 191 Å². The van der Waals surface area contributed by atoms with Crippen LogP contribution in [0.5, 0.6) is 0 Å². The summed E-state index contributed by atoms with van der Waals surface area (Å²) in [5.41, 5.74) is 9.22. The van der Waals surface area contributed by atoms with E-state index in [-0.39, 0.29) is 47.6 Å². The molecule has 2 saturated heterocycles. The molecule has 0 radical (unpaired) electrons. The molecule has 662 valence electrons. The summed E-state index contributed by atoms with van der Waals surface area (Å²) in [5.74, 6) is 1.54. The number of carbonyl (C=O) groups is 6. The van der Waals surface area contributed by atoms with Gasteiger partial charge in [-0.15, -0.1) is 0 Å². The molecule has 7 heterocycles. The number of aromatic nitrogens is 4. The number of aromatic carboxylic acids is 4. The number of nitrogens with one attached hydrogen (secondary N) is 2. The molecule has 125 heavy (non-hydrogen) atoms. The average Bonchev–Trinajstić information content (AvgIpc) is 0.819. The quantitative estimate of drug-likeness (QED) is 0.0111. The summed E-state index contributed by atoms with van der Waals surface area (Å²) >= 11 is 4.54. The monoisotopic (exact) mass is 1730 g/mol. The Morgan fingerprint density at radius 1 is 0.440 bits per heavy atom. The van der Waals surface area contributed by atoms with Crippen molar-refractivity contribution in [1.29, 1.82) is 0 Å². The van der Waals surface area contributed by atoms with Crippen molar-refractivity contribution in [2.75, 3.05) is 209 Å². The SMILES string of the molecule is C=C(NCCOCCOCCN=C=S)c1ccc(C(c2cccc(C(=O)O)n2)N2CCOCCOCCN(Cc3cccc(C(=O)O)n3)CCOCCOCC2)cc1.O=C(NCCC(=O)N1Cc2ccccc2C#Cc2ccccc21)c1ccc(C(c2cccc(C(=O)O)n2)N2CCOCCOCCN(Cc3cccc(C(=O)O)n3)CCOCCOCC2)cc1. The summed E-state index contributed by atoms with van der Waals surface area (Å²) < 4.78 is 58.8. The minimum absolute atomic E-state index is 0.00554. The summed E-state index contributed by atoms with van der Waals surface area (Å²) in [4.78, 5) is 106. The second kappa shape index (κ2) is 53.7. The van der Waals surface area contributed by atoms with Crippen LogP contribution in [0.2, 0.25) is 0 Å². The number of carbonyl (C=O) groups excluding carboxylic acids is 2. The smallest absolute Gasteiger partial charge is 0.354 e. The fourth-order valence-electron chi connectivity index (χ4n) is 13.7. The number of amides is 2. The topological polar surface area (TPSA) is 380 Å². The van der Waals surface area contributed by atoms with Crippen molar-refractivity contribution in [3.63, 3.8) is 0 Å².